The third-order valence-corrected chi connectivity index (χ3v) is 7.33. The van der Waals surface area contributed by atoms with Crippen molar-refractivity contribution in [2.24, 2.45) is 11.8 Å². The second-order valence-electron chi connectivity index (χ2n) is 10.2. The standard InChI is InChI=1S/C30H41NO6/c1-5-7-8-10-21-13-19(3)29(34)26(36-4)12-9-11-20(6-2)27-17-25(33)18-28(37-27)22-14-23(31-30(21)35)16-24(32)15-22/h13-17,20-21,26,28,32H,5-12,18H2,1-4H3,(H,31,35)/b19-13+/t20?,21?,26-,28-/m0/s1. The van der Waals surface area contributed by atoms with E-state index in [2.05, 4.69) is 19.2 Å². The molecular formula is C30H41NO6. The minimum Gasteiger partial charge on any atom is -0.508 e. The third-order valence-electron chi connectivity index (χ3n) is 7.33. The van der Waals surface area contributed by atoms with Crippen molar-refractivity contribution in [3.8, 4) is 5.75 Å². The lowest BCUT2D eigenvalue weighted by atomic mass is 9.91. The van der Waals surface area contributed by atoms with Gasteiger partial charge in [0.15, 0.2) is 11.6 Å². The van der Waals surface area contributed by atoms with Gasteiger partial charge < -0.3 is 19.9 Å². The van der Waals surface area contributed by atoms with Crippen LogP contribution in [0.15, 0.2) is 41.7 Å². The topological polar surface area (TPSA) is 102 Å². The van der Waals surface area contributed by atoms with E-state index < -0.39 is 18.1 Å². The molecule has 0 radical (unpaired) electrons. The number of benzene rings is 1. The first kappa shape index (κ1) is 28.6. The summed E-state index contributed by atoms with van der Waals surface area (Å²) in [5.41, 5.74) is 1.58. The second-order valence-corrected chi connectivity index (χ2v) is 10.2. The van der Waals surface area contributed by atoms with Gasteiger partial charge in [0.1, 0.15) is 23.7 Å². The Morgan fingerprint density at radius 3 is 2.59 bits per heavy atom. The molecule has 4 atom stereocenters. The van der Waals surface area contributed by atoms with Crippen molar-refractivity contribution in [2.75, 3.05) is 12.4 Å². The number of aromatic hydroxyl groups is 1. The van der Waals surface area contributed by atoms with E-state index in [0.717, 1.165) is 38.5 Å². The van der Waals surface area contributed by atoms with Crippen molar-refractivity contribution < 1.29 is 29.0 Å². The Kier molecular flexibility index (Phi) is 10.5. The summed E-state index contributed by atoms with van der Waals surface area (Å²) in [6, 6.07) is 4.82. The molecule has 1 aromatic carbocycles. The molecule has 3 rings (SSSR count). The van der Waals surface area contributed by atoms with E-state index in [1.165, 1.54) is 13.2 Å². The van der Waals surface area contributed by atoms with E-state index >= 15 is 0 Å². The zero-order valence-electron chi connectivity index (χ0n) is 22.5. The molecule has 7 heteroatoms. The molecule has 0 saturated heterocycles. The molecule has 0 aliphatic carbocycles. The molecule has 2 N–H and O–H groups in total. The normalized spacial score (nSPS) is 26.9. The molecule has 202 valence electrons. The van der Waals surface area contributed by atoms with Crippen molar-refractivity contribution in [1.82, 2.24) is 0 Å². The SMILES string of the molecule is CCCCCC1/C=C(\C)C(=O)[C@@H](OC)CCCC(CC)C2=CC(=O)C[C@H](O2)c2cc(O)cc(c2)NC1=O. The van der Waals surface area contributed by atoms with Crippen LogP contribution in [-0.2, 0) is 23.9 Å². The molecular weight excluding hydrogens is 470 g/mol. The van der Waals surface area contributed by atoms with Crippen LogP contribution in [0, 0.1) is 11.8 Å². The number of anilines is 1. The molecule has 7 nitrogen and oxygen atoms in total. The van der Waals surface area contributed by atoms with Crippen LogP contribution in [0.4, 0.5) is 5.69 Å². The largest absolute Gasteiger partial charge is 0.508 e. The Hall–Kier alpha value is -2.93. The molecule has 37 heavy (non-hydrogen) atoms. The van der Waals surface area contributed by atoms with Crippen LogP contribution in [0.1, 0.15) is 90.2 Å². The lowest BCUT2D eigenvalue weighted by molar-refractivity contribution is -0.125. The van der Waals surface area contributed by atoms with Gasteiger partial charge in [-0.1, -0.05) is 39.2 Å². The molecule has 0 fully saturated rings. The average Bonchev–Trinajstić information content (AvgIpc) is 2.86. The first-order valence-electron chi connectivity index (χ1n) is 13.6. The Labute approximate surface area is 220 Å². The maximum absolute atomic E-state index is 13.4. The Morgan fingerprint density at radius 1 is 1.11 bits per heavy atom. The molecule has 1 amide bonds. The van der Waals surface area contributed by atoms with Crippen LogP contribution < -0.4 is 5.32 Å². The molecule has 0 spiro atoms. The number of rotatable bonds is 6. The molecule has 0 aromatic heterocycles. The number of hydrogen-bond donors (Lipinski definition) is 2. The molecule has 1 aromatic rings. The average molecular weight is 512 g/mol. The highest BCUT2D eigenvalue weighted by atomic mass is 16.5. The summed E-state index contributed by atoms with van der Waals surface area (Å²) in [4.78, 5) is 39.2. The van der Waals surface area contributed by atoms with Gasteiger partial charge in [-0.3, -0.25) is 14.4 Å². The summed E-state index contributed by atoms with van der Waals surface area (Å²) >= 11 is 0. The number of ketones is 2. The number of methoxy groups -OCH3 is 1. The number of carbonyl (C=O) groups excluding carboxylic acids is 3. The maximum atomic E-state index is 13.4. The highest BCUT2D eigenvalue weighted by Gasteiger charge is 2.29. The lowest BCUT2D eigenvalue weighted by Crippen LogP contribution is -2.26. The van der Waals surface area contributed by atoms with Crippen LogP contribution >= 0.6 is 0 Å². The molecule has 2 aliphatic rings. The van der Waals surface area contributed by atoms with Crippen molar-refractivity contribution in [3.63, 3.8) is 0 Å². The van der Waals surface area contributed by atoms with Gasteiger partial charge in [-0.25, -0.2) is 0 Å². The number of phenolic OH excluding ortho intramolecular Hbond substituents is 1. The van der Waals surface area contributed by atoms with Crippen molar-refractivity contribution in [2.45, 2.75) is 90.8 Å². The lowest BCUT2D eigenvalue weighted by Gasteiger charge is -2.29. The smallest absolute Gasteiger partial charge is 0.231 e. The summed E-state index contributed by atoms with van der Waals surface area (Å²) < 4.78 is 11.8. The van der Waals surface area contributed by atoms with Crippen LogP contribution in [0.2, 0.25) is 0 Å². The number of nitrogens with one attached hydrogen (secondary N) is 1. The van der Waals surface area contributed by atoms with E-state index in [-0.39, 0.29) is 35.6 Å². The van der Waals surface area contributed by atoms with E-state index in [1.807, 2.05) is 0 Å². The van der Waals surface area contributed by atoms with Gasteiger partial charge in [-0.2, -0.15) is 0 Å². The molecule has 2 heterocycles. The predicted octanol–water partition coefficient (Wildman–Crippen LogP) is 6.18. The van der Waals surface area contributed by atoms with E-state index in [9.17, 15) is 19.5 Å². The maximum Gasteiger partial charge on any atom is 0.231 e. The van der Waals surface area contributed by atoms with E-state index in [1.54, 1.807) is 31.2 Å². The third kappa shape index (κ3) is 7.78. The van der Waals surface area contributed by atoms with Crippen molar-refractivity contribution in [1.29, 1.82) is 0 Å². The van der Waals surface area contributed by atoms with Gasteiger partial charge >= 0.3 is 0 Å². The van der Waals surface area contributed by atoms with Crippen LogP contribution in [0.5, 0.6) is 5.75 Å². The number of fused-ring (bicyclic) bond motifs is 5. The van der Waals surface area contributed by atoms with Gasteiger partial charge in [-0.15, -0.1) is 0 Å². The first-order valence-corrected chi connectivity index (χ1v) is 13.6. The number of phenols is 1. The quantitative estimate of drug-likeness (QED) is 0.442. The van der Waals surface area contributed by atoms with Gasteiger partial charge in [0.25, 0.3) is 0 Å². The fourth-order valence-corrected chi connectivity index (χ4v) is 5.16. The monoisotopic (exact) mass is 511 g/mol. The van der Waals surface area contributed by atoms with Gasteiger partial charge in [0.2, 0.25) is 5.91 Å². The molecule has 2 unspecified atom stereocenters. The Morgan fingerprint density at radius 2 is 1.89 bits per heavy atom. The predicted molar refractivity (Wildman–Crippen MR) is 143 cm³/mol. The zero-order chi connectivity index (χ0) is 26.9. The summed E-state index contributed by atoms with van der Waals surface area (Å²) in [5, 5.41) is 13.3. The van der Waals surface area contributed by atoms with E-state index in [4.69, 9.17) is 9.47 Å². The summed E-state index contributed by atoms with van der Waals surface area (Å²) in [6.45, 7) is 5.90. The van der Waals surface area contributed by atoms with Gasteiger partial charge in [0, 0.05) is 30.9 Å². The minimum atomic E-state index is -0.591. The first-order chi connectivity index (χ1) is 17.7. The number of Topliss-reactive ketones (excluding diaryl/α,β-unsaturated/α-hetero) is 1. The second kappa shape index (κ2) is 13.6. The fraction of sp³-hybridized carbons (Fsp3) is 0.567. The van der Waals surface area contributed by atoms with Crippen LogP contribution in [-0.4, -0.2) is 35.8 Å². The van der Waals surface area contributed by atoms with Crippen LogP contribution in [0.25, 0.3) is 0 Å². The van der Waals surface area contributed by atoms with E-state index in [0.29, 0.717) is 35.4 Å². The number of amides is 1. The number of carbonyl (C=O) groups is 3. The molecule has 2 aliphatic heterocycles. The fourth-order valence-electron chi connectivity index (χ4n) is 5.16. The molecule has 0 saturated carbocycles. The number of allylic oxidation sites excluding steroid dienone is 2. The Bertz CT molecular complexity index is 1040. The number of unbranched alkanes of at least 4 members (excludes halogenated alkanes) is 2. The Balaban J connectivity index is 2.01. The van der Waals surface area contributed by atoms with Crippen molar-refractivity contribution in [3.05, 3.63) is 47.2 Å². The van der Waals surface area contributed by atoms with Gasteiger partial charge in [0.05, 0.1) is 12.3 Å². The summed E-state index contributed by atoms with van der Waals surface area (Å²) in [7, 11) is 1.54. The van der Waals surface area contributed by atoms with Crippen LogP contribution in [0.3, 0.4) is 0 Å². The summed E-state index contributed by atoms with van der Waals surface area (Å²) in [5.74, 6) is -0.238. The molecule has 4 bridgehead atoms. The minimum absolute atomic E-state index is 0.0164. The van der Waals surface area contributed by atoms with Crippen molar-refractivity contribution >= 4 is 23.2 Å². The highest BCUT2D eigenvalue weighted by molar-refractivity contribution is 6.00. The number of hydrogen-bond acceptors (Lipinski definition) is 6. The van der Waals surface area contributed by atoms with Gasteiger partial charge in [-0.05, 0) is 62.3 Å². The number of ether oxygens (including phenoxy) is 2. The highest BCUT2D eigenvalue weighted by Crippen LogP contribution is 2.37. The summed E-state index contributed by atoms with van der Waals surface area (Å²) in [6.07, 6.45) is 8.66. The zero-order valence-corrected chi connectivity index (χ0v) is 22.5.